The fraction of sp³-hybridized carbons (Fsp3) is 0.421. The fourth-order valence-corrected chi connectivity index (χ4v) is 3.12. The zero-order valence-corrected chi connectivity index (χ0v) is 17.1. The van der Waals surface area contributed by atoms with Gasteiger partial charge in [0.25, 0.3) is 0 Å². The zero-order valence-electron chi connectivity index (χ0n) is 16.1. The van der Waals surface area contributed by atoms with Crippen LogP contribution in [-0.4, -0.2) is 31.4 Å². The lowest BCUT2D eigenvalue weighted by molar-refractivity contribution is 0.0600. The highest BCUT2D eigenvalue weighted by Crippen LogP contribution is 2.37. The van der Waals surface area contributed by atoms with E-state index in [9.17, 15) is 9.18 Å². The first-order chi connectivity index (χ1) is 12.1. The van der Waals surface area contributed by atoms with Gasteiger partial charge in [0.15, 0.2) is 14.1 Å². The summed E-state index contributed by atoms with van der Waals surface area (Å²) in [4.78, 5) is 19.6. The number of methoxy groups -OCH3 is 1. The Bertz CT molecular complexity index is 804. The molecule has 0 atom stereocenters. The highest BCUT2D eigenvalue weighted by Gasteiger charge is 2.37. The van der Waals surface area contributed by atoms with Gasteiger partial charge in [-0.1, -0.05) is 26.8 Å². The number of halogens is 1. The lowest BCUT2D eigenvalue weighted by Crippen LogP contribution is -2.40. The summed E-state index contributed by atoms with van der Waals surface area (Å²) in [5, 5.41) is 0.0350. The van der Waals surface area contributed by atoms with Crippen molar-refractivity contribution in [2.75, 3.05) is 7.11 Å². The largest absolute Gasteiger partial charge is 0.465 e. The summed E-state index contributed by atoms with van der Waals surface area (Å²) in [6, 6.07) is 4.94. The van der Waals surface area contributed by atoms with Crippen LogP contribution in [0.3, 0.4) is 0 Å². The molecule has 1 aromatic heterocycles. The molecular weight excluding hydrogens is 351 g/mol. The summed E-state index contributed by atoms with van der Waals surface area (Å²) in [7, 11) is -0.695. The van der Waals surface area contributed by atoms with Gasteiger partial charge in [-0.05, 0) is 35.8 Å². The van der Waals surface area contributed by atoms with E-state index in [1.807, 2.05) is 0 Å². The van der Waals surface area contributed by atoms with Crippen molar-refractivity contribution in [3.8, 4) is 11.3 Å². The number of esters is 1. The molecule has 0 unspecified atom stereocenters. The topological polar surface area (TPSA) is 61.3 Å². The number of benzene rings is 1. The molecule has 5 nitrogen and oxygen atoms in total. The van der Waals surface area contributed by atoms with Crippen molar-refractivity contribution in [2.24, 2.45) is 0 Å². The highest BCUT2D eigenvalue weighted by molar-refractivity contribution is 6.74. The van der Waals surface area contributed by atoms with Crippen LogP contribution in [0.4, 0.5) is 4.39 Å². The van der Waals surface area contributed by atoms with Gasteiger partial charge in [0.1, 0.15) is 12.0 Å². The Hall–Kier alpha value is -2.12. The van der Waals surface area contributed by atoms with Gasteiger partial charge in [-0.25, -0.2) is 19.2 Å². The van der Waals surface area contributed by atoms with Crippen molar-refractivity contribution in [3.63, 3.8) is 0 Å². The van der Waals surface area contributed by atoms with Crippen LogP contribution in [0.2, 0.25) is 18.1 Å². The first-order valence-electron chi connectivity index (χ1n) is 8.38. The number of aromatic nitrogens is 2. The van der Waals surface area contributed by atoms with Crippen molar-refractivity contribution in [1.82, 2.24) is 9.97 Å². The summed E-state index contributed by atoms with van der Waals surface area (Å²) in [5.74, 6) is -0.972. The lowest BCUT2D eigenvalue weighted by Gasteiger charge is -2.36. The van der Waals surface area contributed by atoms with Gasteiger partial charge in [-0.2, -0.15) is 0 Å². The Labute approximate surface area is 154 Å². The Morgan fingerprint density at radius 3 is 2.54 bits per heavy atom. The monoisotopic (exact) mass is 376 g/mol. The number of hydrogen-bond acceptors (Lipinski definition) is 5. The van der Waals surface area contributed by atoms with E-state index in [0.717, 1.165) is 6.20 Å². The predicted octanol–water partition coefficient (Wildman–Crippen LogP) is 4.59. The maximum absolute atomic E-state index is 14.2. The van der Waals surface area contributed by atoms with Crippen LogP contribution >= 0.6 is 0 Å². The molecule has 140 valence electrons. The average molecular weight is 377 g/mol. The van der Waals surface area contributed by atoms with Gasteiger partial charge in [0.2, 0.25) is 0 Å². The Morgan fingerprint density at radius 1 is 1.27 bits per heavy atom. The highest BCUT2D eigenvalue weighted by atomic mass is 28.4. The normalized spacial score (nSPS) is 12.1. The van der Waals surface area contributed by atoms with Crippen molar-refractivity contribution < 1.29 is 18.3 Å². The van der Waals surface area contributed by atoms with E-state index < -0.39 is 20.1 Å². The lowest BCUT2D eigenvalue weighted by atomic mass is 10.0. The first kappa shape index (κ1) is 20.2. The molecule has 0 saturated carbocycles. The van der Waals surface area contributed by atoms with Crippen molar-refractivity contribution in [2.45, 2.75) is 45.5 Å². The molecule has 0 N–H and O–H groups in total. The van der Waals surface area contributed by atoms with Crippen LogP contribution in [0, 0.1) is 5.82 Å². The molecular formula is C19H25FN2O3Si. The SMILES string of the molecule is COC(=O)c1ccc(-c2ncncc2F)c(CO[Si](C)(C)C(C)(C)C)c1. The van der Waals surface area contributed by atoms with Crippen LogP contribution < -0.4 is 0 Å². The molecule has 0 radical (unpaired) electrons. The van der Waals surface area contributed by atoms with Gasteiger partial charge in [0.05, 0.1) is 25.5 Å². The molecule has 26 heavy (non-hydrogen) atoms. The molecule has 1 heterocycles. The fourth-order valence-electron chi connectivity index (χ4n) is 2.17. The van der Waals surface area contributed by atoms with E-state index in [2.05, 4.69) is 43.8 Å². The second-order valence-corrected chi connectivity index (χ2v) is 12.4. The van der Waals surface area contributed by atoms with Crippen molar-refractivity contribution >= 4 is 14.3 Å². The second kappa shape index (κ2) is 7.63. The standard InChI is InChI=1S/C19H25FN2O3Si/c1-19(2,3)26(5,6)25-11-14-9-13(18(23)24-4)7-8-15(14)17-16(20)10-21-12-22-17/h7-10,12H,11H2,1-6H3. The van der Waals surface area contributed by atoms with Gasteiger partial charge in [-0.15, -0.1) is 0 Å². The van der Waals surface area contributed by atoms with Crippen LogP contribution in [0.5, 0.6) is 0 Å². The van der Waals surface area contributed by atoms with Gasteiger partial charge < -0.3 is 9.16 Å². The molecule has 0 saturated heterocycles. The number of nitrogens with zero attached hydrogens (tertiary/aromatic N) is 2. The molecule has 2 rings (SSSR count). The average Bonchev–Trinajstić information content (AvgIpc) is 2.58. The minimum Gasteiger partial charge on any atom is -0.465 e. The number of rotatable bonds is 5. The summed E-state index contributed by atoms with van der Waals surface area (Å²) in [6.45, 7) is 11.0. The van der Waals surface area contributed by atoms with Crippen LogP contribution in [0.1, 0.15) is 36.7 Å². The van der Waals surface area contributed by atoms with Gasteiger partial charge in [-0.3, -0.25) is 0 Å². The smallest absolute Gasteiger partial charge is 0.337 e. The third kappa shape index (κ3) is 4.34. The maximum atomic E-state index is 14.2. The summed E-state index contributed by atoms with van der Waals surface area (Å²) >= 11 is 0. The molecule has 0 amide bonds. The number of carbonyl (C=O) groups excluding carboxylic acids is 1. The molecule has 2 aromatic rings. The quantitative estimate of drug-likeness (QED) is 0.564. The number of hydrogen-bond donors (Lipinski definition) is 0. The van der Waals surface area contributed by atoms with E-state index in [1.165, 1.54) is 13.4 Å². The van der Waals surface area contributed by atoms with Crippen LogP contribution in [-0.2, 0) is 15.8 Å². The predicted molar refractivity (Wildman–Crippen MR) is 101 cm³/mol. The summed E-state index contributed by atoms with van der Waals surface area (Å²) in [5.41, 5.74) is 1.84. The Morgan fingerprint density at radius 2 is 1.96 bits per heavy atom. The summed E-state index contributed by atoms with van der Waals surface area (Å²) < 4.78 is 25.3. The molecule has 0 aliphatic rings. The molecule has 0 spiro atoms. The molecule has 0 bridgehead atoms. The molecule has 1 aromatic carbocycles. The zero-order chi connectivity index (χ0) is 19.5. The minimum atomic E-state index is -2.02. The van der Waals surface area contributed by atoms with Crippen molar-refractivity contribution in [3.05, 3.63) is 47.7 Å². The number of ether oxygens (including phenoxy) is 1. The molecule has 7 heteroatoms. The molecule has 0 fully saturated rings. The van der Waals surface area contributed by atoms with E-state index in [1.54, 1.807) is 18.2 Å². The van der Waals surface area contributed by atoms with Crippen LogP contribution in [0.25, 0.3) is 11.3 Å². The molecule has 0 aliphatic carbocycles. The maximum Gasteiger partial charge on any atom is 0.337 e. The third-order valence-corrected chi connectivity index (χ3v) is 9.32. The van der Waals surface area contributed by atoms with Gasteiger partial charge in [0, 0.05) is 5.56 Å². The van der Waals surface area contributed by atoms with E-state index in [-0.39, 0.29) is 17.3 Å². The molecule has 0 aliphatic heterocycles. The van der Waals surface area contributed by atoms with Crippen molar-refractivity contribution in [1.29, 1.82) is 0 Å². The Kier molecular flexibility index (Phi) is 5.93. The first-order valence-corrected chi connectivity index (χ1v) is 11.3. The van der Waals surface area contributed by atoms with Crippen LogP contribution in [0.15, 0.2) is 30.7 Å². The second-order valence-electron chi connectivity index (χ2n) is 7.63. The third-order valence-electron chi connectivity index (χ3n) is 4.84. The van der Waals surface area contributed by atoms with E-state index in [0.29, 0.717) is 16.7 Å². The van der Waals surface area contributed by atoms with E-state index in [4.69, 9.17) is 9.16 Å². The number of carbonyl (C=O) groups is 1. The minimum absolute atomic E-state index is 0.0350. The Balaban J connectivity index is 2.46. The summed E-state index contributed by atoms with van der Waals surface area (Å²) in [6.07, 6.45) is 2.42. The van der Waals surface area contributed by atoms with E-state index >= 15 is 0 Å². The van der Waals surface area contributed by atoms with Gasteiger partial charge >= 0.3 is 5.97 Å².